The number of hydrogen-bond acceptors (Lipinski definition) is 3. The van der Waals surface area contributed by atoms with Crippen LogP contribution in [-0.2, 0) is 11.8 Å². The summed E-state index contributed by atoms with van der Waals surface area (Å²) in [5.41, 5.74) is 6.09. The van der Waals surface area contributed by atoms with Gasteiger partial charge in [0, 0.05) is 5.41 Å². The highest BCUT2D eigenvalue weighted by molar-refractivity contribution is 5.47. The van der Waals surface area contributed by atoms with Gasteiger partial charge in [-0.1, -0.05) is 67.0 Å². The second-order valence-electron chi connectivity index (χ2n) is 16.1. The SMILES string of the molecule is CCOc1nc2c(cc1C#N)C[C@]1(C)[C@H]3CC=C4[C@@H]5[C@@H](C)[C@H](C)CC[C@]5(C)CC[C@@]4(C)[C@]3(C)CC[C@H]1C2(C)C. The van der Waals surface area contributed by atoms with Crippen LogP contribution in [0.15, 0.2) is 17.7 Å². The first-order valence-corrected chi connectivity index (χ1v) is 16.0. The number of aromatic nitrogens is 1. The van der Waals surface area contributed by atoms with Crippen molar-refractivity contribution in [3.8, 4) is 11.9 Å². The smallest absolute Gasteiger partial charge is 0.231 e. The Hall–Kier alpha value is -1.82. The number of pyridine rings is 1. The number of nitrogens with zero attached hydrogens (tertiary/aromatic N) is 2. The van der Waals surface area contributed by atoms with Gasteiger partial charge in [-0.25, -0.2) is 4.98 Å². The molecule has 5 aliphatic rings. The number of ether oxygens (including phenoxy) is 1. The Morgan fingerprint density at radius 2 is 1.74 bits per heavy atom. The third kappa shape index (κ3) is 3.42. The average Bonchev–Trinajstić information content (AvgIpc) is 2.87. The van der Waals surface area contributed by atoms with Crippen molar-refractivity contribution < 1.29 is 4.74 Å². The van der Waals surface area contributed by atoms with Crippen LogP contribution >= 0.6 is 0 Å². The van der Waals surface area contributed by atoms with E-state index >= 15 is 0 Å². The molecule has 1 heterocycles. The van der Waals surface area contributed by atoms with Crippen molar-refractivity contribution in [1.82, 2.24) is 4.98 Å². The van der Waals surface area contributed by atoms with Crippen LogP contribution in [-0.4, -0.2) is 11.6 Å². The fourth-order valence-electron chi connectivity index (χ4n) is 11.8. The van der Waals surface area contributed by atoms with E-state index in [-0.39, 0.29) is 16.2 Å². The maximum atomic E-state index is 9.94. The molecule has 0 unspecified atom stereocenters. The summed E-state index contributed by atoms with van der Waals surface area (Å²) in [5, 5.41) is 9.94. The highest BCUT2D eigenvalue weighted by atomic mass is 16.5. The molecule has 5 aliphatic carbocycles. The first-order valence-electron chi connectivity index (χ1n) is 16.0. The normalized spacial score (nSPS) is 45.8. The third-order valence-corrected chi connectivity index (χ3v) is 14.2. The van der Waals surface area contributed by atoms with Gasteiger partial charge >= 0.3 is 0 Å². The first kappa shape index (κ1) is 27.4. The molecule has 3 heteroatoms. The lowest BCUT2D eigenvalue weighted by atomic mass is 9.33. The van der Waals surface area contributed by atoms with Gasteiger partial charge in [0.15, 0.2) is 0 Å². The highest BCUT2D eigenvalue weighted by Gasteiger charge is 2.68. The minimum Gasteiger partial charge on any atom is -0.477 e. The van der Waals surface area contributed by atoms with Crippen LogP contribution in [0.3, 0.4) is 0 Å². The van der Waals surface area contributed by atoms with E-state index in [1.807, 2.05) is 12.5 Å². The number of rotatable bonds is 2. The molecular weight excluding hydrogens is 476 g/mol. The molecule has 3 fully saturated rings. The average molecular weight is 529 g/mol. The molecule has 0 amide bonds. The zero-order valence-corrected chi connectivity index (χ0v) is 26.2. The summed E-state index contributed by atoms with van der Waals surface area (Å²) in [6, 6.07) is 4.52. The predicted octanol–water partition coefficient (Wildman–Crippen LogP) is 9.04. The van der Waals surface area contributed by atoms with Crippen LogP contribution < -0.4 is 4.74 Å². The van der Waals surface area contributed by atoms with E-state index in [0.29, 0.717) is 40.7 Å². The Balaban J connectivity index is 1.46. The van der Waals surface area contributed by atoms with Crippen molar-refractivity contribution >= 4 is 0 Å². The number of hydrogen-bond donors (Lipinski definition) is 0. The van der Waals surface area contributed by atoms with E-state index in [4.69, 9.17) is 9.72 Å². The van der Waals surface area contributed by atoms with Gasteiger partial charge in [-0.2, -0.15) is 5.26 Å². The van der Waals surface area contributed by atoms with Crippen molar-refractivity contribution in [2.75, 3.05) is 6.61 Å². The molecular formula is C36H52N2O. The van der Waals surface area contributed by atoms with Crippen molar-refractivity contribution in [2.45, 2.75) is 119 Å². The Kier molecular flexibility index (Phi) is 6.03. The summed E-state index contributed by atoms with van der Waals surface area (Å²) < 4.78 is 5.85. The Labute approximate surface area is 238 Å². The largest absolute Gasteiger partial charge is 0.477 e. The zero-order chi connectivity index (χ0) is 28.2. The number of nitriles is 1. The molecule has 1 aromatic rings. The standard InChI is InChI=1S/C36H52N2O/c1-10-39-31-25(21-37)19-24-20-34(7)27(32(4,5)30(24)38-31)14-16-36(9)28(34)12-11-26-29-23(3)22(2)13-15-33(29,6)17-18-35(26,36)8/h11,19,22-23,27-29H,10,12-18,20H2,1-9H3/t22-,23+,27+,28-,29+,33-,34+,35-,36-/m1/s1. The molecule has 6 rings (SSSR count). The molecule has 0 radical (unpaired) electrons. The van der Waals surface area contributed by atoms with Crippen LogP contribution in [0, 0.1) is 62.6 Å². The van der Waals surface area contributed by atoms with Crippen LogP contribution in [0.5, 0.6) is 5.88 Å². The zero-order valence-electron chi connectivity index (χ0n) is 26.2. The topological polar surface area (TPSA) is 45.9 Å². The second-order valence-corrected chi connectivity index (χ2v) is 16.1. The Morgan fingerprint density at radius 1 is 1.00 bits per heavy atom. The molecule has 3 nitrogen and oxygen atoms in total. The molecule has 9 atom stereocenters. The lowest BCUT2D eigenvalue weighted by molar-refractivity contribution is -0.161. The number of fused-ring (bicyclic) bond motifs is 8. The van der Waals surface area contributed by atoms with Gasteiger partial charge in [0.2, 0.25) is 5.88 Å². The molecule has 0 saturated heterocycles. The molecule has 0 aromatic carbocycles. The van der Waals surface area contributed by atoms with Crippen LogP contribution in [0.1, 0.15) is 124 Å². The lowest BCUT2D eigenvalue weighted by Gasteiger charge is -2.71. The van der Waals surface area contributed by atoms with E-state index in [9.17, 15) is 5.26 Å². The summed E-state index contributed by atoms with van der Waals surface area (Å²) in [6.07, 6.45) is 13.1. The first-order chi connectivity index (χ1) is 18.3. The Morgan fingerprint density at radius 3 is 2.44 bits per heavy atom. The van der Waals surface area contributed by atoms with E-state index in [2.05, 4.69) is 73.6 Å². The maximum Gasteiger partial charge on any atom is 0.231 e. The molecule has 0 spiro atoms. The van der Waals surface area contributed by atoms with E-state index in [1.54, 1.807) is 0 Å². The minimum absolute atomic E-state index is 0.0488. The minimum atomic E-state index is -0.0488. The fourth-order valence-corrected chi connectivity index (χ4v) is 11.8. The van der Waals surface area contributed by atoms with Gasteiger partial charge in [0.1, 0.15) is 11.6 Å². The molecule has 1 aromatic heterocycles. The van der Waals surface area contributed by atoms with Gasteiger partial charge in [0.05, 0.1) is 12.3 Å². The van der Waals surface area contributed by atoms with Gasteiger partial charge in [-0.05, 0) is 121 Å². The van der Waals surface area contributed by atoms with Crippen molar-refractivity contribution in [2.24, 2.45) is 51.2 Å². The molecule has 0 bridgehead atoms. The molecule has 39 heavy (non-hydrogen) atoms. The third-order valence-electron chi connectivity index (χ3n) is 14.2. The predicted molar refractivity (Wildman–Crippen MR) is 158 cm³/mol. The molecule has 0 aliphatic heterocycles. The maximum absolute atomic E-state index is 9.94. The molecule has 0 N–H and O–H groups in total. The van der Waals surface area contributed by atoms with Crippen LogP contribution in [0.25, 0.3) is 0 Å². The Bertz CT molecular complexity index is 1260. The van der Waals surface area contributed by atoms with Gasteiger partial charge in [-0.15, -0.1) is 0 Å². The van der Waals surface area contributed by atoms with Gasteiger partial charge in [-0.3, -0.25) is 0 Å². The number of allylic oxidation sites excluding steroid dienone is 2. The summed E-state index contributed by atoms with van der Waals surface area (Å²) in [7, 11) is 0. The van der Waals surface area contributed by atoms with Crippen molar-refractivity contribution in [3.63, 3.8) is 0 Å². The van der Waals surface area contributed by atoms with Gasteiger partial charge in [0.25, 0.3) is 0 Å². The second kappa shape index (κ2) is 8.59. The van der Waals surface area contributed by atoms with Crippen molar-refractivity contribution in [1.29, 1.82) is 5.26 Å². The van der Waals surface area contributed by atoms with Gasteiger partial charge < -0.3 is 4.74 Å². The summed E-state index contributed by atoms with van der Waals surface area (Å²) in [5.74, 6) is 4.08. The summed E-state index contributed by atoms with van der Waals surface area (Å²) in [6.45, 7) is 23.1. The quantitative estimate of drug-likeness (QED) is 0.360. The molecule has 212 valence electrons. The van der Waals surface area contributed by atoms with Crippen LogP contribution in [0.4, 0.5) is 0 Å². The monoisotopic (exact) mass is 528 g/mol. The highest BCUT2D eigenvalue weighted by Crippen LogP contribution is 2.75. The van der Waals surface area contributed by atoms with E-state index < -0.39 is 0 Å². The van der Waals surface area contributed by atoms with Crippen LogP contribution in [0.2, 0.25) is 0 Å². The van der Waals surface area contributed by atoms with Crippen molar-refractivity contribution in [3.05, 3.63) is 34.5 Å². The fraction of sp³-hybridized carbons (Fsp3) is 0.778. The lowest BCUT2D eigenvalue weighted by Crippen LogP contribution is -2.64. The van der Waals surface area contributed by atoms with E-state index in [0.717, 1.165) is 24.2 Å². The summed E-state index contributed by atoms with van der Waals surface area (Å²) in [4.78, 5) is 5.06. The van der Waals surface area contributed by atoms with E-state index in [1.165, 1.54) is 56.2 Å². The summed E-state index contributed by atoms with van der Waals surface area (Å²) >= 11 is 0. The molecule has 3 saturated carbocycles.